The smallest absolute Gasteiger partial charge is 0.180 e. The van der Waals surface area contributed by atoms with Gasteiger partial charge in [-0.3, -0.25) is 0 Å². The number of rotatable bonds is 4. The van der Waals surface area contributed by atoms with Gasteiger partial charge in [0.05, 0.1) is 12.8 Å². The van der Waals surface area contributed by atoms with Crippen LogP contribution in [-0.2, 0) is 0 Å². The molecule has 0 bridgehead atoms. The number of aromatic nitrogens is 3. The Hall–Kier alpha value is -3.54. The minimum atomic E-state index is 0.676. The number of nitrogens with one attached hydrogen (secondary N) is 1. The molecule has 4 aromatic rings. The van der Waals surface area contributed by atoms with Crippen LogP contribution in [0.15, 0.2) is 67.1 Å². The Bertz CT molecular complexity index is 1020. The van der Waals surface area contributed by atoms with E-state index in [2.05, 4.69) is 10.3 Å². The molecule has 0 radical (unpaired) electrons. The third-order valence-corrected chi connectivity index (χ3v) is 3.91. The molecule has 0 fully saturated rings. The highest BCUT2D eigenvalue weighted by Crippen LogP contribution is 2.26. The normalized spacial score (nSPS) is 10.8. The van der Waals surface area contributed by atoms with Crippen molar-refractivity contribution < 1.29 is 4.74 Å². The van der Waals surface area contributed by atoms with Gasteiger partial charge in [0, 0.05) is 35.5 Å². The zero-order valence-corrected chi connectivity index (χ0v) is 13.7. The van der Waals surface area contributed by atoms with Crippen LogP contribution in [0.1, 0.15) is 0 Å². The van der Waals surface area contributed by atoms with E-state index >= 15 is 0 Å². The van der Waals surface area contributed by atoms with Gasteiger partial charge in [-0.15, -0.1) is 0 Å². The molecule has 2 aromatic heterocycles. The highest BCUT2D eigenvalue weighted by atomic mass is 16.5. The number of hydrogen-bond donors (Lipinski definition) is 2. The van der Waals surface area contributed by atoms with E-state index < -0.39 is 0 Å². The molecule has 0 unspecified atom stereocenters. The van der Waals surface area contributed by atoms with E-state index in [-0.39, 0.29) is 0 Å². The maximum Gasteiger partial charge on any atom is 0.180 e. The average Bonchev–Trinajstić information content (AvgIpc) is 3.11. The number of benzene rings is 2. The Balaban J connectivity index is 1.77. The minimum Gasteiger partial charge on any atom is -0.497 e. The summed E-state index contributed by atoms with van der Waals surface area (Å²) in [6.45, 7) is 0. The first-order chi connectivity index (χ1) is 12.2. The van der Waals surface area contributed by atoms with Crippen molar-refractivity contribution in [2.45, 2.75) is 0 Å². The molecule has 0 spiro atoms. The van der Waals surface area contributed by atoms with E-state index in [9.17, 15) is 0 Å². The number of imidazole rings is 1. The summed E-state index contributed by atoms with van der Waals surface area (Å²) in [6, 6.07) is 15.3. The number of fused-ring (bicyclic) bond motifs is 1. The van der Waals surface area contributed by atoms with Crippen LogP contribution >= 0.6 is 0 Å². The first kappa shape index (κ1) is 15.0. The van der Waals surface area contributed by atoms with E-state index in [1.54, 1.807) is 13.3 Å². The molecule has 0 aliphatic rings. The Morgan fingerprint density at radius 2 is 1.96 bits per heavy atom. The summed E-state index contributed by atoms with van der Waals surface area (Å²) in [5.74, 6) is 1.48. The van der Waals surface area contributed by atoms with E-state index in [4.69, 9.17) is 15.5 Å². The summed E-state index contributed by atoms with van der Waals surface area (Å²) in [5.41, 5.74) is 10.0. The lowest BCUT2D eigenvalue weighted by Crippen LogP contribution is -2.00. The molecule has 0 atom stereocenters. The van der Waals surface area contributed by atoms with Gasteiger partial charge in [0.25, 0.3) is 0 Å². The van der Waals surface area contributed by atoms with Crippen molar-refractivity contribution in [3.63, 3.8) is 0 Å². The SMILES string of the molecule is COc1ccc(Nc2nc(-c3cccc(N)c3)cn3ccnc23)cc1. The van der Waals surface area contributed by atoms with Crippen LogP contribution in [0, 0.1) is 0 Å². The monoisotopic (exact) mass is 331 g/mol. The summed E-state index contributed by atoms with van der Waals surface area (Å²) < 4.78 is 7.14. The van der Waals surface area contributed by atoms with E-state index in [1.807, 2.05) is 65.3 Å². The van der Waals surface area contributed by atoms with Gasteiger partial charge in [0.2, 0.25) is 0 Å². The summed E-state index contributed by atoms with van der Waals surface area (Å²) in [7, 11) is 1.65. The van der Waals surface area contributed by atoms with Crippen LogP contribution in [0.3, 0.4) is 0 Å². The summed E-state index contributed by atoms with van der Waals surface area (Å²) in [4.78, 5) is 9.13. The first-order valence-electron chi connectivity index (χ1n) is 7.83. The lowest BCUT2D eigenvalue weighted by atomic mass is 10.1. The summed E-state index contributed by atoms with van der Waals surface area (Å²) >= 11 is 0. The van der Waals surface area contributed by atoms with Gasteiger partial charge in [-0.1, -0.05) is 12.1 Å². The molecule has 0 aliphatic carbocycles. The quantitative estimate of drug-likeness (QED) is 0.557. The van der Waals surface area contributed by atoms with Gasteiger partial charge in [0.15, 0.2) is 11.5 Å². The van der Waals surface area contributed by atoms with Crippen molar-refractivity contribution in [3.05, 3.63) is 67.1 Å². The number of nitrogens with two attached hydrogens (primary N) is 1. The Morgan fingerprint density at radius 1 is 1.12 bits per heavy atom. The van der Waals surface area contributed by atoms with Crippen molar-refractivity contribution in [1.29, 1.82) is 0 Å². The van der Waals surface area contributed by atoms with Gasteiger partial charge >= 0.3 is 0 Å². The van der Waals surface area contributed by atoms with Crippen molar-refractivity contribution in [2.24, 2.45) is 0 Å². The van der Waals surface area contributed by atoms with Crippen molar-refractivity contribution >= 4 is 22.8 Å². The summed E-state index contributed by atoms with van der Waals surface area (Å²) in [6.07, 6.45) is 5.58. The van der Waals surface area contributed by atoms with E-state index in [1.165, 1.54) is 0 Å². The second-order valence-corrected chi connectivity index (χ2v) is 5.61. The fourth-order valence-corrected chi connectivity index (χ4v) is 2.66. The van der Waals surface area contributed by atoms with Crippen molar-refractivity contribution in [1.82, 2.24) is 14.4 Å². The molecule has 4 rings (SSSR count). The molecule has 6 heteroatoms. The molecule has 0 saturated heterocycles. The number of ether oxygens (including phenoxy) is 1. The molecule has 25 heavy (non-hydrogen) atoms. The Morgan fingerprint density at radius 3 is 2.72 bits per heavy atom. The zero-order valence-electron chi connectivity index (χ0n) is 13.7. The van der Waals surface area contributed by atoms with Gasteiger partial charge in [-0.05, 0) is 36.4 Å². The van der Waals surface area contributed by atoms with Gasteiger partial charge in [-0.25, -0.2) is 9.97 Å². The third kappa shape index (κ3) is 2.97. The second kappa shape index (κ2) is 6.16. The molecule has 0 saturated carbocycles. The topological polar surface area (TPSA) is 77.5 Å². The fourth-order valence-electron chi connectivity index (χ4n) is 2.66. The lowest BCUT2D eigenvalue weighted by Gasteiger charge is -2.11. The van der Waals surface area contributed by atoms with Crippen LogP contribution in [0.5, 0.6) is 5.75 Å². The van der Waals surface area contributed by atoms with Crippen molar-refractivity contribution in [3.8, 4) is 17.0 Å². The maximum atomic E-state index is 5.90. The number of nitrogen functional groups attached to an aromatic ring is 1. The molecule has 0 amide bonds. The van der Waals surface area contributed by atoms with Crippen LogP contribution in [0.4, 0.5) is 17.2 Å². The van der Waals surface area contributed by atoms with Gasteiger partial charge in [0.1, 0.15) is 5.75 Å². The highest BCUT2D eigenvalue weighted by molar-refractivity contribution is 5.74. The molecular formula is C19H17N5O. The predicted octanol–water partition coefficient (Wildman–Crippen LogP) is 3.73. The summed E-state index contributed by atoms with van der Waals surface area (Å²) in [5, 5.41) is 3.33. The molecular weight excluding hydrogens is 314 g/mol. The molecule has 6 nitrogen and oxygen atoms in total. The number of methoxy groups -OCH3 is 1. The van der Waals surface area contributed by atoms with Gasteiger partial charge < -0.3 is 20.2 Å². The second-order valence-electron chi connectivity index (χ2n) is 5.61. The van der Waals surface area contributed by atoms with Crippen LogP contribution in [0.25, 0.3) is 16.9 Å². The number of hydrogen-bond acceptors (Lipinski definition) is 5. The molecule has 2 aromatic carbocycles. The minimum absolute atomic E-state index is 0.676. The van der Waals surface area contributed by atoms with E-state index in [0.29, 0.717) is 11.5 Å². The molecule has 2 heterocycles. The standard InChI is InChI=1S/C19H17N5O/c1-25-16-7-5-15(6-8-16)22-18-19-21-9-10-24(19)12-17(23-18)13-3-2-4-14(20)11-13/h2-12H,20H2,1H3,(H,22,23). The number of anilines is 3. The van der Waals surface area contributed by atoms with Crippen LogP contribution in [-0.4, -0.2) is 21.5 Å². The Labute approximate surface area is 144 Å². The molecule has 0 aliphatic heterocycles. The lowest BCUT2D eigenvalue weighted by molar-refractivity contribution is 0.415. The number of nitrogens with zero attached hydrogens (tertiary/aromatic N) is 3. The largest absolute Gasteiger partial charge is 0.497 e. The Kier molecular flexibility index (Phi) is 3.70. The van der Waals surface area contributed by atoms with Gasteiger partial charge in [-0.2, -0.15) is 0 Å². The van der Waals surface area contributed by atoms with Crippen LogP contribution in [0.2, 0.25) is 0 Å². The first-order valence-corrected chi connectivity index (χ1v) is 7.83. The maximum absolute atomic E-state index is 5.90. The van der Waals surface area contributed by atoms with E-state index in [0.717, 1.165) is 28.3 Å². The zero-order chi connectivity index (χ0) is 17.2. The highest BCUT2D eigenvalue weighted by Gasteiger charge is 2.10. The van der Waals surface area contributed by atoms with Crippen LogP contribution < -0.4 is 15.8 Å². The fraction of sp³-hybridized carbons (Fsp3) is 0.0526. The third-order valence-electron chi connectivity index (χ3n) is 3.91. The predicted molar refractivity (Wildman–Crippen MR) is 99.1 cm³/mol. The molecule has 3 N–H and O–H groups in total. The molecule has 124 valence electrons. The van der Waals surface area contributed by atoms with Crippen molar-refractivity contribution in [2.75, 3.05) is 18.2 Å². The average molecular weight is 331 g/mol.